The molecule has 86 valence electrons. The Bertz CT molecular complexity index is 458. The van der Waals surface area contributed by atoms with E-state index in [4.69, 9.17) is 5.11 Å². The molecule has 1 aliphatic rings. The van der Waals surface area contributed by atoms with Crippen molar-refractivity contribution < 1.29 is 20.1 Å². The van der Waals surface area contributed by atoms with E-state index in [1.807, 2.05) is 0 Å². The van der Waals surface area contributed by atoms with Crippen LogP contribution in [0.25, 0.3) is 0 Å². The van der Waals surface area contributed by atoms with E-state index in [-0.39, 0.29) is 30.3 Å². The van der Waals surface area contributed by atoms with Gasteiger partial charge < -0.3 is 15.3 Å². The Morgan fingerprint density at radius 1 is 1.31 bits per heavy atom. The number of aromatic hydroxyl groups is 2. The molecule has 3 N–H and O–H groups in total. The van der Waals surface area contributed by atoms with E-state index in [1.165, 1.54) is 18.3 Å². The molecule has 0 amide bonds. The van der Waals surface area contributed by atoms with E-state index in [9.17, 15) is 15.0 Å². The number of halogens is 1. The number of phenolic OH excluding ortho intramolecular Hbond substituents is 2. The lowest BCUT2D eigenvalue weighted by Gasteiger charge is -2.15. The lowest BCUT2D eigenvalue weighted by Crippen LogP contribution is -2.24. The lowest BCUT2D eigenvalue weighted by molar-refractivity contribution is -0.138. The largest absolute Gasteiger partial charge is 0.504 e. The number of carboxylic acid groups (broad SMARTS) is 1. The summed E-state index contributed by atoms with van der Waals surface area (Å²) in [5.74, 6) is -1.47. The van der Waals surface area contributed by atoms with Gasteiger partial charge in [-0.05, 0) is 23.3 Å². The summed E-state index contributed by atoms with van der Waals surface area (Å²) in [7, 11) is 0. The molecule has 0 aliphatic carbocycles. The number of phenols is 2. The van der Waals surface area contributed by atoms with Gasteiger partial charge in [-0.15, -0.1) is 12.4 Å². The van der Waals surface area contributed by atoms with E-state index in [1.54, 1.807) is 0 Å². The van der Waals surface area contributed by atoms with Crippen molar-refractivity contribution in [2.75, 3.05) is 0 Å². The van der Waals surface area contributed by atoms with Crippen LogP contribution in [-0.2, 0) is 11.2 Å². The number of nitrogens with zero attached hydrogens (tertiary/aromatic N) is 1. The molecular weight excluding hydrogens is 234 g/mol. The van der Waals surface area contributed by atoms with Crippen molar-refractivity contribution in [3.63, 3.8) is 0 Å². The zero-order valence-corrected chi connectivity index (χ0v) is 8.94. The molecule has 0 aromatic heterocycles. The molecule has 0 spiro atoms. The van der Waals surface area contributed by atoms with Crippen LogP contribution >= 0.6 is 12.4 Å². The fourth-order valence-electron chi connectivity index (χ4n) is 1.52. The minimum absolute atomic E-state index is 0. The highest BCUT2D eigenvalue weighted by molar-refractivity contribution is 5.88. The van der Waals surface area contributed by atoms with Gasteiger partial charge in [0.25, 0.3) is 0 Å². The van der Waals surface area contributed by atoms with Gasteiger partial charge in [0.1, 0.15) is 0 Å². The van der Waals surface area contributed by atoms with Crippen LogP contribution in [0.3, 0.4) is 0 Å². The minimum atomic E-state index is -0.996. The normalized spacial score (nSPS) is 17.4. The van der Waals surface area contributed by atoms with E-state index >= 15 is 0 Å². The Labute approximate surface area is 97.5 Å². The molecule has 0 saturated heterocycles. The summed E-state index contributed by atoms with van der Waals surface area (Å²) in [6, 6.07) is 1.93. The molecule has 1 atom stereocenters. The van der Waals surface area contributed by atoms with Crippen molar-refractivity contribution in [3.05, 3.63) is 23.3 Å². The molecule has 1 aliphatic heterocycles. The van der Waals surface area contributed by atoms with Gasteiger partial charge in [0.15, 0.2) is 17.5 Å². The molecule has 0 unspecified atom stereocenters. The fraction of sp³-hybridized carbons (Fsp3) is 0.200. The van der Waals surface area contributed by atoms with Gasteiger partial charge in [0.2, 0.25) is 0 Å². The van der Waals surface area contributed by atoms with Crippen LogP contribution in [0.5, 0.6) is 11.5 Å². The SMILES string of the molecule is Cl.O=C(O)[C@@H]1Cc2cc(O)c(O)cc2C=N1. The van der Waals surface area contributed by atoms with E-state index < -0.39 is 12.0 Å². The molecule has 1 heterocycles. The van der Waals surface area contributed by atoms with E-state index in [0.717, 1.165) is 0 Å². The Balaban J connectivity index is 0.00000128. The maximum Gasteiger partial charge on any atom is 0.328 e. The lowest BCUT2D eigenvalue weighted by atomic mass is 9.97. The predicted molar refractivity (Wildman–Crippen MR) is 59.7 cm³/mol. The third kappa shape index (κ3) is 2.09. The van der Waals surface area contributed by atoms with E-state index in [2.05, 4.69) is 4.99 Å². The summed E-state index contributed by atoms with van der Waals surface area (Å²) in [5.41, 5.74) is 1.32. The zero-order chi connectivity index (χ0) is 11.0. The first kappa shape index (κ1) is 12.3. The van der Waals surface area contributed by atoms with Crippen molar-refractivity contribution in [3.8, 4) is 11.5 Å². The van der Waals surface area contributed by atoms with Crippen LogP contribution in [0.2, 0.25) is 0 Å². The van der Waals surface area contributed by atoms with Gasteiger partial charge in [-0.25, -0.2) is 4.79 Å². The van der Waals surface area contributed by atoms with Crippen molar-refractivity contribution in [1.82, 2.24) is 0 Å². The summed E-state index contributed by atoms with van der Waals surface area (Å²) < 4.78 is 0. The Morgan fingerprint density at radius 3 is 2.56 bits per heavy atom. The molecule has 0 saturated carbocycles. The van der Waals surface area contributed by atoms with Gasteiger partial charge in [0, 0.05) is 12.6 Å². The topological polar surface area (TPSA) is 90.1 Å². The fourth-order valence-corrected chi connectivity index (χ4v) is 1.52. The Morgan fingerprint density at radius 2 is 1.94 bits per heavy atom. The first-order chi connectivity index (χ1) is 7.08. The molecule has 5 nitrogen and oxygen atoms in total. The first-order valence-electron chi connectivity index (χ1n) is 4.39. The zero-order valence-electron chi connectivity index (χ0n) is 8.12. The van der Waals surface area contributed by atoms with Crippen LogP contribution in [0.1, 0.15) is 11.1 Å². The maximum absolute atomic E-state index is 10.7. The molecule has 1 aromatic rings. The molecular formula is C10H10ClNO4. The number of hydrogen-bond donors (Lipinski definition) is 3. The number of carboxylic acids is 1. The summed E-state index contributed by atoms with van der Waals surface area (Å²) in [6.45, 7) is 0. The standard InChI is InChI=1S/C10H9NO4.ClH/c12-8-2-5-1-7(10(14)15)11-4-6(5)3-9(8)13;/h2-4,7,12-13H,1H2,(H,14,15);1H/t7-;/m0./s1. The average Bonchev–Trinajstić information content (AvgIpc) is 2.19. The van der Waals surface area contributed by atoms with Gasteiger partial charge in [0.05, 0.1) is 0 Å². The molecule has 0 fully saturated rings. The third-order valence-corrected chi connectivity index (χ3v) is 2.33. The third-order valence-electron chi connectivity index (χ3n) is 2.33. The predicted octanol–water partition coefficient (Wildman–Crippen LogP) is 0.948. The number of benzene rings is 1. The number of carbonyl (C=O) groups is 1. The van der Waals surface area contributed by atoms with Crippen LogP contribution in [-0.4, -0.2) is 33.5 Å². The van der Waals surface area contributed by atoms with Crippen molar-refractivity contribution in [2.45, 2.75) is 12.5 Å². The molecule has 16 heavy (non-hydrogen) atoms. The van der Waals surface area contributed by atoms with Crippen LogP contribution in [0, 0.1) is 0 Å². The van der Waals surface area contributed by atoms with Crippen molar-refractivity contribution in [2.24, 2.45) is 4.99 Å². The molecule has 0 bridgehead atoms. The Hall–Kier alpha value is -1.75. The number of aliphatic carboxylic acids is 1. The first-order valence-corrected chi connectivity index (χ1v) is 4.39. The summed E-state index contributed by atoms with van der Waals surface area (Å²) >= 11 is 0. The monoisotopic (exact) mass is 243 g/mol. The van der Waals surface area contributed by atoms with Gasteiger partial charge in [-0.1, -0.05) is 0 Å². The van der Waals surface area contributed by atoms with Crippen molar-refractivity contribution in [1.29, 1.82) is 0 Å². The second-order valence-electron chi connectivity index (χ2n) is 3.38. The van der Waals surface area contributed by atoms with Gasteiger partial charge in [-0.3, -0.25) is 4.99 Å². The number of hydrogen-bond acceptors (Lipinski definition) is 4. The smallest absolute Gasteiger partial charge is 0.328 e. The van der Waals surface area contributed by atoms with Crippen LogP contribution < -0.4 is 0 Å². The van der Waals surface area contributed by atoms with Crippen molar-refractivity contribution >= 4 is 24.6 Å². The molecule has 6 heteroatoms. The summed E-state index contributed by atoms with van der Waals surface area (Å²) in [5, 5.41) is 27.2. The Kier molecular flexibility index (Phi) is 3.39. The van der Waals surface area contributed by atoms with Crippen LogP contribution in [0.15, 0.2) is 17.1 Å². The maximum atomic E-state index is 10.7. The molecule has 1 aromatic carbocycles. The second-order valence-corrected chi connectivity index (χ2v) is 3.38. The second kappa shape index (κ2) is 4.40. The summed E-state index contributed by atoms with van der Waals surface area (Å²) in [6.07, 6.45) is 1.63. The van der Waals surface area contributed by atoms with Gasteiger partial charge in [-0.2, -0.15) is 0 Å². The van der Waals surface area contributed by atoms with Crippen LogP contribution in [0.4, 0.5) is 0 Å². The number of aliphatic imine (C=N–C) groups is 1. The minimum Gasteiger partial charge on any atom is -0.504 e. The number of fused-ring (bicyclic) bond motifs is 1. The highest BCUT2D eigenvalue weighted by Crippen LogP contribution is 2.30. The highest BCUT2D eigenvalue weighted by atomic mass is 35.5. The average molecular weight is 244 g/mol. The number of rotatable bonds is 1. The van der Waals surface area contributed by atoms with E-state index in [0.29, 0.717) is 11.1 Å². The van der Waals surface area contributed by atoms with Gasteiger partial charge >= 0.3 is 5.97 Å². The highest BCUT2D eigenvalue weighted by Gasteiger charge is 2.22. The molecule has 2 rings (SSSR count). The quantitative estimate of drug-likeness (QED) is 0.641. The summed E-state index contributed by atoms with van der Waals surface area (Å²) in [4.78, 5) is 14.5. The molecule has 0 radical (unpaired) electrons.